The summed E-state index contributed by atoms with van der Waals surface area (Å²) in [7, 11) is 0. The molecule has 1 heterocycles. The number of hydrogen-bond acceptors (Lipinski definition) is 3. The van der Waals surface area contributed by atoms with Gasteiger partial charge in [0.05, 0.1) is 6.54 Å². The van der Waals surface area contributed by atoms with E-state index in [9.17, 15) is 9.59 Å². The summed E-state index contributed by atoms with van der Waals surface area (Å²) in [4.78, 5) is 23.8. The molecule has 0 atom stereocenters. The molecule has 0 saturated carbocycles. The summed E-state index contributed by atoms with van der Waals surface area (Å²) in [6, 6.07) is 0. The lowest BCUT2D eigenvalue weighted by atomic mass is 9.78. The highest BCUT2D eigenvalue weighted by molar-refractivity contribution is 5.82. The van der Waals surface area contributed by atoms with Gasteiger partial charge in [0.25, 0.3) is 0 Å². The van der Waals surface area contributed by atoms with Gasteiger partial charge in [-0.15, -0.1) is 0 Å². The molecule has 0 bridgehead atoms. The Morgan fingerprint density at radius 2 is 1.94 bits per heavy atom. The Balaban J connectivity index is 2.26. The second kappa shape index (κ2) is 6.00. The van der Waals surface area contributed by atoms with Gasteiger partial charge in [-0.2, -0.15) is 0 Å². The lowest BCUT2D eigenvalue weighted by Crippen LogP contribution is -2.44. The number of likely N-dealkylation sites (tertiary alicyclic amines) is 1. The summed E-state index contributed by atoms with van der Waals surface area (Å²) in [6.45, 7) is 6.35. The summed E-state index contributed by atoms with van der Waals surface area (Å²) < 4.78 is 0. The number of amides is 1. The first-order valence-electron chi connectivity index (χ1n) is 6.16. The summed E-state index contributed by atoms with van der Waals surface area (Å²) in [5, 5.41) is 10.8. The zero-order chi connectivity index (χ0) is 12.9. The molecule has 1 rings (SSSR count). The molecule has 2 N–H and O–H groups in total. The Morgan fingerprint density at radius 1 is 1.35 bits per heavy atom. The van der Waals surface area contributed by atoms with Crippen molar-refractivity contribution in [1.82, 2.24) is 10.2 Å². The molecule has 0 aromatic heterocycles. The van der Waals surface area contributed by atoms with Crippen molar-refractivity contribution >= 4 is 11.9 Å². The minimum Gasteiger partial charge on any atom is -0.480 e. The topological polar surface area (TPSA) is 69.6 Å². The van der Waals surface area contributed by atoms with Gasteiger partial charge >= 0.3 is 5.97 Å². The lowest BCUT2D eigenvalue weighted by molar-refractivity contribution is -0.138. The van der Waals surface area contributed by atoms with Gasteiger partial charge in [-0.25, -0.2) is 0 Å². The number of piperidine rings is 1. The highest BCUT2D eigenvalue weighted by Crippen LogP contribution is 2.33. The zero-order valence-corrected chi connectivity index (χ0v) is 10.7. The molecular formula is C12H22N2O3. The van der Waals surface area contributed by atoms with Crippen LogP contribution in [-0.2, 0) is 9.59 Å². The van der Waals surface area contributed by atoms with Gasteiger partial charge < -0.3 is 10.4 Å². The van der Waals surface area contributed by atoms with Gasteiger partial charge in [-0.3, -0.25) is 14.5 Å². The smallest absolute Gasteiger partial charge is 0.322 e. The largest absolute Gasteiger partial charge is 0.480 e. The molecule has 0 aromatic carbocycles. The normalized spacial score (nSPS) is 19.9. The number of nitrogens with one attached hydrogen (secondary N) is 1. The van der Waals surface area contributed by atoms with Crippen molar-refractivity contribution in [2.45, 2.75) is 33.1 Å². The highest BCUT2D eigenvalue weighted by atomic mass is 16.4. The molecular weight excluding hydrogens is 220 g/mol. The minimum absolute atomic E-state index is 0.201. The molecule has 0 spiro atoms. The Hall–Kier alpha value is -1.10. The van der Waals surface area contributed by atoms with Crippen LogP contribution in [0.3, 0.4) is 0 Å². The van der Waals surface area contributed by atoms with Gasteiger partial charge in [-0.05, 0) is 31.3 Å². The van der Waals surface area contributed by atoms with Crippen molar-refractivity contribution in [2.24, 2.45) is 5.41 Å². The predicted octanol–water partition coefficient (Wildman–Crippen LogP) is 0.699. The third-order valence-electron chi connectivity index (χ3n) is 3.72. The van der Waals surface area contributed by atoms with Gasteiger partial charge in [0.2, 0.25) is 5.91 Å². The zero-order valence-electron chi connectivity index (χ0n) is 10.7. The average molecular weight is 242 g/mol. The van der Waals surface area contributed by atoms with E-state index < -0.39 is 5.97 Å². The van der Waals surface area contributed by atoms with Crippen molar-refractivity contribution in [3.8, 4) is 0 Å². The van der Waals surface area contributed by atoms with E-state index in [1.165, 1.54) is 6.42 Å². The first kappa shape index (κ1) is 14.0. The van der Waals surface area contributed by atoms with Gasteiger partial charge in [-0.1, -0.05) is 20.3 Å². The third kappa shape index (κ3) is 4.73. The fraction of sp³-hybridized carbons (Fsp3) is 0.833. The maximum Gasteiger partial charge on any atom is 0.322 e. The van der Waals surface area contributed by atoms with Crippen LogP contribution < -0.4 is 5.32 Å². The number of carbonyl (C=O) groups is 2. The van der Waals surface area contributed by atoms with Crippen LogP contribution >= 0.6 is 0 Å². The molecule has 17 heavy (non-hydrogen) atoms. The molecule has 1 saturated heterocycles. The maximum atomic E-state index is 11.4. The Bertz CT molecular complexity index is 283. The summed E-state index contributed by atoms with van der Waals surface area (Å²) in [5.74, 6) is -1.21. The Labute approximate surface area is 102 Å². The van der Waals surface area contributed by atoms with Crippen LogP contribution in [0.5, 0.6) is 0 Å². The van der Waals surface area contributed by atoms with E-state index in [1.54, 1.807) is 0 Å². The van der Waals surface area contributed by atoms with Crippen LogP contribution in [0.25, 0.3) is 0 Å². The van der Waals surface area contributed by atoms with Crippen LogP contribution in [-0.4, -0.2) is 48.1 Å². The highest BCUT2D eigenvalue weighted by Gasteiger charge is 2.28. The van der Waals surface area contributed by atoms with Crippen LogP contribution in [0.4, 0.5) is 0 Å². The predicted molar refractivity (Wildman–Crippen MR) is 64.7 cm³/mol. The molecule has 1 aliphatic rings. The van der Waals surface area contributed by atoms with E-state index >= 15 is 0 Å². The second-order valence-corrected chi connectivity index (χ2v) is 5.11. The molecule has 98 valence electrons. The Kier molecular flexibility index (Phi) is 4.93. The molecule has 0 aliphatic carbocycles. The van der Waals surface area contributed by atoms with E-state index in [2.05, 4.69) is 24.1 Å². The van der Waals surface area contributed by atoms with E-state index in [0.717, 1.165) is 25.9 Å². The third-order valence-corrected chi connectivity index (χ3v) is 3.72. The van der Waals surface area contributed by atoms with Crippen LogP contribution in [0, 0.1) is 5.41 Å². The van der Waals surface area contributed by atoms with E-state index in [1.807, 2.05) is 0 Å². The van der Waals surface area contributed by atoms with Crippen molar-refractivity contribution < 1.29 is 14.7 Å². The quantitative estimate of drug-likeness (QED) is 0.744. The van der Waals surface area contributed by atoms with Crippen molar-refractivity contribution in [1.29, 1.82) is 0 Å². The monoisotopic (exact) mass is 242 g/mol. The van der Waals surface area contributed by atoms with Crippen LogP contribution in [0.2, 0.25) is 0 Å². The van der Waals surface area contributed by atoms with Crippen molar-refractivity contribution in [3.63, 3.8) is 0 Å². The summed E-state index contributed by atoms with van der Waals surface area (Å²) in [5.41, 5.74) is 0.411. The first-order chi connectivity index (χ1) is 7.95. The van der Waals surface area contributed by atoms with Gasteiger partial charge in [0.1, 0.15) is 6.54 Å². The molecule has 5 heteroatoms. The number of carboxylic acid groups (broad SMARTS) is 1. The van der Waals surface area contributed by atoms with Crippen molar-refractivity contribution in [2.75, 3.05) is 26.2 Å². The number of nitrogens with zero attached hydrogens (tertiary/aromatic N) is 1. The van der Waals surface area contributed by atoms with E-state index in [0.29, 0.717) is 12.0 Å². The number of rotatable bonds is 5. The fourth-order valence-corrected chi connectivity index (χ4v) is 2.04. The van der Waals surface area contributed by atoms with E-state index in [4.69, 9.17) is 5.11 Å². The lowest BCUT2D eigenvalue weighted by Gasteiger charge is -2.38. The fourth-order valence-electron chi connectivity index (χ4n) is 2.04. The molecule has 1 amide bonds. The standard InChI is InChI=1S/C12H22N2O3/c1-3-12(2)4-6-14(7-5-12)9-10(15)13-8-11(16)17/h3-9H2,1-2H3,(H,13,15)(H,16,17). The maximum absolute atomic E-state index is 11.4. The minimum atomic E-state index is -1.00. The number of carbonyl (C=O) groups excluding carboxylic acids is 1. The van der Waals surface area contributed by atoms with E-state index in [-0.39, 0.29) is 12.5 Å². The number of aliphatic carboxylic acids is 1. The molecule has 5 nitrogen and oxygen atoms in total. The molecule has 1 fully saturated rings. The Morgan fingerprint density at radius 3 is 2.41 bits per heavy atom. The van der Waals surface area contributed by atoms with Crippen LogP contribution in [0.15, 0.2) is 0 Å². The molecule has 0 unspecified atom stereocenters. The number of carboxylic acids is 1. The van der Waals surface area contributed by atoms with Gasteiger partial charge in [0, 0.05) is 0 Å². The van der Waals surface area contributed by atoms with Gasteiger partial charge in [0.15, 0.2) is 0 Å². The molecule has 1 aliphatic heterocycles. The molecule has 0 radical (unpaired) electrons. The molecule has 0 aromatic rings. The average Bonchev–Trinajstić information content (AvgIpc) is 2.30. The van der Waals surface area contributed by atoms with Crippen LogP contribution in [0.1, 0.15) is 33.1 Å². The summed E-state index contributed by atoms with van der Waals surface area (Å²) >= 11 is 0. The summed E-state index contributed by atoms with van der Waals surface area (Å²) in [6.07, 6.45) is 3.39. The van der Waals surface area contributed by atoms with Crippen molar-refractivity contribution in [3.05, 3.63) is 0 Å². The number of hydrogen-bond donors (Lipinski definition) is 2. The SMILES string of the molecule is CCC1(C)CCN(CC(=O)NCC(=O)O)CC1. The second-order valence-electron chi connectivity index (χ2n) is 5.11. The first-order valence-corrected chi connectivity index (χ1v) is 6.16.